The number of nitrogens with zero attached hydrogens (tertiary/aromatic N) is 1. The molecule has 0 fully saturated rings. The fraction of sp³-hybridized carbons (Fsp3) is 0.267. The largest absolute Gasteiger partial charge is 0.493 e. The number of hydrogen-bond acceptors (Lipinski definition) is 6. The lowest BCUT2D eigenvalue weighted by molar-refractivity contribution is 0.270. The van der Waals surface area contributed by atoms with Crippen LogP contribution in [0.4, 0.5) is 11.4 Å². The molecule has 0 bridgehead atoms. The number of hydrogen-bond donors (Lipinski definition) is 2. The summed E-state index contributed by atoms with van der Waals surface area (Å²) in [7, 11) is 0. The van der Waals surface area contributed by atoms with E-state index in [1.807, 2.05) is 18.2 Å². The lowest BCUT2D eigenvalue weighted by Crippen LogP contribution is -2.13. The van der Waals surface area contributed by atoms with Crippen LogP contribution in [0.3, 0.4) is 0 Å². The van der Waals surface area contributed by atoms with Crippen LogP contribution in [-0.2, 0) is 0 Å². The summed E-state index contributed by atoms with van der Waals surface area (Å²) in [6, 6.07) is 7.67. The molecule has 5 nitrogen and oxygen atoms in total. The molecule has 2 heterocycles. The molecule has 0 saturated heterocycles. The third-order valence-corrected chi connectivity index (χ3v) is 3.57. The first-order chi connectivity index (χ1) is 10.1. The molecule has 0 unspecified atom stereocenters. The van der Waals surface area contributed by atoms with Crippen LogP contribution in [0.25, 0.3) is 0 Å². The topological polar surface area (TPSA) is 72.8 Å². The zero-order valence-electron chi connectivity index (χ0n) is 11.9. The van der Waals surface area contributed by atoms with E-state index in [9.17, 15) is 0 Å². The summed E-state index contributed by atoms with van der Waals surface area (Å²) in [5.74, 6) is 1.89. The zero-order valence-corrected chi connectivity index (χ0v) is 12.7. The van der Waals surface area contributed by atoms with Gasteiger partial charge in [-0.05, 0) is 18.1 Å². The predicted molar refractivity (Wildman–Crippen MR) is 86.7 cm³/mol. The van der Waals surface area contributed by atoms with Crippen molar-refractivity contribution in [1.82, 2.24) is 0 Å². The molecular formula is C15H17N3O2S. The zero-order chi connectivity index (χ0) is 14.8. The van der Waals surface area contributed by atoms with Crippen molar-refractivity contribution < 1.29 is 9.15 Å². The highest BCUT2D eigenvalue weighted by atomic mass is 32.2. The molecular weight excluding hydrogens is 286 g/mol. The SMILES string of the molecule is CC(C)COc1cccc2c1C(c1cc(N)co1)=NSN2. The average Bonchev–Trinajstić information content (AvgIpc) is 2.90. The fourth-order valence-corrected chi connectivity index (χ4v) is 2.63. The van der Waals surface area contributed by atoms with Gasteiger partial charge in [-0.3, -0.25) is 0 Å². The monoisotopic (exact) mass is 303 g/mol. The van der Waals surface area contributed by atoms with Gasteiger partial charge in [0.2, 0.25) is 0 Å². The quantitative estimate of drug-likeness (QED) is 0.842. The summed E-state index contributed by atoms with van der Waals surface area (Å²) >= 11 is 1.26. The number of nitrogen functional groups attached to an aromatic ring is 1. The summed E-state index contributed by atoms with van der Waals surface area (Å²) < 4.78 is 19.0. The van der Waals surface area contributed by atoms with Crippen LogP contribution < -0.4 is 15.2 Å². The molecule has 0 radical (unpaired) electrons. The van der Waals surface area contributed by atoms with Gasteiger partial charge in [0, 0.05) is 6.07 Å². The van der Waals surface area contributed by atoms with Crippen molar-refractivity contribution in [3.05, 3.63) is 41.9 Å². The third-order valence-electron chi connectivity index (χ3n) is 2.98. The van der Waals surface area contributed by atoms with Crippen LogP contribution in [0.5, 0.6) is 5.75 Å². The van der Waals surface area contributed by atoms with Gasteiger partial charge in [0.15, 0.2) is 5.76 Å². The van der Waals surface area contributed by atoms with Crippen molar-refractivity contribution in [3.63, 3.8) is 0 Å². The summed E-state index contributed by atoms with van der Waals surface area (Å²) in [6.07, 6.45) is 1.52. The Balaban J connectivity index is 2.02. The minimum Gasteiger partial charge on any atom is -0.493 e. The molecule has 2 aromatic rings. The molecule has 6 heteroatoms. The van der Waals surface area contributed by atoms with Gasteiger partial charge >= 0.3 is 0 Å². The second kappa shape index (κ2) is 5.73. The lowest BCUT2D eigenvalue weighted by Gasteiger charge is -2.20. The Morgan fingerprint density at radius 3 is 3.00 bits per heavy atom. The first-order valence-electron chi connectivity index (χ1n) is 6.75. The van der Waals surface area contributed by atoms with E-state index >= 15 is 0 Å². The second-order valence-corrected chi connectivity index (χ2v) is 5.83. The number of anilines is 2. The predicted octanol–water partition coefficient (Wildman–Crippen LogP) is 3.72. The van der Waals surface area contributed by atoms with Gasteiger partial charge in [0.1, 0.15) is 17.7 Å². The van der Waals surface area contributed by atoms with Crippen molar-refractivity contribution in [2.75, 3.05) is 17.1 Å². The van der Waals surface area contributed by atoms with Crippen LogP contribution in [0.15, 0.2) is 39.3 Å². The summed E-state index contributed by atoms with van der Waals surface area (Å²) in [6.45, 7) is 4.88. The number of benzene rings is 1. The Hall–Kier alpha value is -2.08. The molecule has 0 spiro atoms. The van der Waals surface area contributed by atoms with E-state index in [0.29, 0.717) is 24.0 Å². The molecule has 1 aromatic heterocycles. The standard InChI is InChI=1S/C15H17N3O2S/c1-9(2)7-19-12-5-3-4-11-14(12)15(18-21-17-11)13-6-10(16)8-20-13/h3-6,8-9,17H,7,16H2,1-2H3. The Kier molecular flexibility index (Phi) is 3.79. The molecule has 0 aliphatic carbocycles. The van der Waals surface area contributed by atoms with E-state index < -0.39 is 0 Å². The molecule has 0 atom stereocenters. The molecule has 0 amide bonds. The van der Waals surface area contributed by atoms with Gasteiger partial charge in [-0.15, -0.1) is 0 Å². The molecule has 1 aliphatic rings. The number of nitrogens with one attached hydrogen (secondary N) is 1. The van der Waals surface area contributed by atoms with Crippen molar-refractivity contribution in [2.45, 2.75) is 13.8 Å². The number of rotatable bonds is 4. The van der Waals surface area contributed by atoms with Gasteiger partial charge in [-0.1, -0.05) is 19.9 Å². The van der Waals surface area contributed by atoms with E-state index in [2.05, 4.69) is 23.0 Å². The van der Waals surface area contributed by atoms with Crippen LogP contribution in [0.2, 0.25) is 0 Å². The fourth-order valence-electron chi connectivity index (χ4n) is 2.04. The van der Waals surface area contributed by atoms with Crippen molar-refractivity contribution in [1.29, 1.82) is 0 Å². The third kappa shape index (κ3) is 2.85. The first-order valence-corrected chi connectivity index (χ1v) is 7.53. The van der Waals surface area contributed by atoms with Crippen LogP contribution in [-0.4, -0.2) is 12.3 Å². The molecule has 1 aliphatic heterocycles. The maximum absolute atomic E-state index is 5.92. The van der Waals surface area contributed by atoms with E-state index in [0.717, 1.165) is 22.7 Å². The molecule has 3 N–H and O–H groups in total. The smallest absolute Gasteiger partial charge is 0.156 e. The van der Waals surface area contributed by atoms with E-state index in [1.54, 1.807) is 6.07 Å². The lowest BCUT2D eigenvalue weighted by atomic mass is 10.0. The van der Waals surface area contributed by atoms with Gasteiger partial charge in [-0.25, -0.2) is 0 Å². The maximum atomic E-state index is 5.92. The summed E-state index contributed by atoms with van der Waals surface area (Å²) in [4.78, 5) is 0. The maximum Gasteiger partial charge on any atom is 0.156 e. The molecule has 1 aromatic carbocycles. The number of fused-ring (bicyclic) bond motifs is 1. The van der Waals surface area contributed by atoms with Gasteiger partial charge in [-0.2, -0.15) is 4.40 Å². The summed E-state index contributed by atoms with van der Waals surface area (Å²) in [5, 5.41) is 0. The van der Waals surface area contributed by atoms with E-state index in [1.165, 1.54) is 18.4 Å². The number of ether oxygens (including phenoxy) is 1. The molecule has 0 saturated carbocycles. The van der Waals surface area contributed by atoms with E-state index in [4.69, 9.17) is 14.9 Å². The molecule has 3 rings (SSSR count). The Morgan fingerprint density at radius 1 is 1.43 bits per heavy atom. The van der Waals surface area contributed by atoms with Gasteiger partial charge in [0.05, 0.1) is 35.7 Å². The van der Waals surface area contributed by atoms with Crippen molar-refractivity contribution >= 4 is 29.2 Å². The minimum absolute atomic E-state index is 0.450. The summed E-state index contributed by atoms with van der Waals surface area (Å²) in [5.41, 5.74) is 8.93. The Bertz CT molecular complexity index is 679. The molecule has 110 valence electrons. The minimum atomic E-state index is 0.450. The molecule has 21 heavy (non-hydrogen) atoms. The Labute approximate surface area is 127 Å². The van der Waals surface area contributed by atoms with E-state index in [-0.39, 0.29) is 0 Å². The van der Waals surface area contributed by atoms with Crippen LogP contribution >= 0.6 is 12.1 Å². The second-order valence-electron chi connectivity index (χ2n) is 5.26. The number of furan rings is 1. The highest BCUT2D eigenvalue weighted by Crippen LogP contribution is 2.36. The van der Waals surface area contributed by atoms with Crippen molar-refractivity contribution in [2.24, 2.45) is 10.3 Å². The van der Waals surface area contributed by atoms with Gasteiger partial charge < -0.3 is 19.6 Å². The average molecular weight is 303 g/mol. The van der Waals surface area contributed by atoms with Crippen molar-refractivity contribution in [3.8, 4) is 5.75 Å². The van der Waals surface area contributed by atoms with Crippen LogP contribution in [0.1, 0.15) is 25.2 Å². The Morgan fingerprint density at radius 2 is 2.29 bits per heavy atom. The normalized spacial score (nSPS) is 13.6. The highest BCUT2D eigenvalue weighted by Gasteiger charge is 2.23. The highest BCUT2D eigenvalue weighted by molar-refractivity contribution is 7.99. The van der Waals surface area contributed by atoms with Crippen LogP contribution in [0, 0.1) is 5.92 Å². The van der Waals surface area contributed by atoms with Gasteiger partial charge in [0.25, 0.3) is 0 Å². The first kappa shape index (κ1) is 13.9. The number of nitrogens with two attached hydrogens (primary N) is 1.